The zero-order chi connectivity index (χ0) is 30.0. The van der Waals surface area contributed by atoms with Crippen LogP contribution in [0.15, 0.2) is 42.5 Å². The number of ether oxygens (including phenoxy) is 1. The normalized spacial score (nSPS) is 13.6. The Hall–Kier alpha value is -3.26. The number of aryl methyl sites for hydroxylation is 1. The second kappa shape index (κ2) is 14.9. The summed E-state index contributed by atoms with van der Waals surface area (Å²) in [6.07, 6.45) is 2.35. The van der Waals surface area contributed by atoms with Gasteiger partial charge in [0, 0.05) is 6.54 Å². The molecule has 0 aromatic heterocycles. The monoisotopic (exact) mass is 573 g/mol. The fourth-order valence-electron chi connectivity index (χ4n) is 4.31. The first-order chi connectivity index (χ1) is 18.8. The maximum Gasteiger partial charge on any atom is 0.408 e. The molecule has 8 nitrogen and oxygen atoms in total. The third-order valence-electron chi connectivity index (χ3n) is 6.68. The van der Waals surface area contributed by atoms with E-state index in [4.69, 9.17) is 16.3 Å². The Morgan fingerprint density at radius 1 is 1.05 bits per heavy atom. The zero-order valence-electron chi connectivity index (χ0n) is 24.7. The molecule has 3 N–H and O–H groups in total. The van der Waals surface area contributed by atoms with Crippen LogP contribution in [0.25, 0.3) is 0 Å². The number of nitrogens with one attached hydrogen (secondary N) is 2. The fraction of sp³-hybridized carbons (Fsp3) is 0.516. The lowest BCUT2D eigenvalue weighted by Crippen LogP contribution is -2.55. The van der Waals surface area contributed by atoms with E-state index < -0.39 is 29.7 Å². The predicted octanol–water partition coefficient (Wildman–Crippen LogP) is 6.99. The molecule has 9 heteroatoms. The van der Waals surface area contributed by atoms with Gasteiger partial charge in [-0.15, -0.1) is 0 Å². The molecular formula is C31H44ClN3O5. The molecular weight excluding hydrogens is 530 g/mol. The number of rotatable bonds is 12. The van der Waals surface area contributed by atoms with E-state index in [1.54, 1.807) is 45.0 Å². The lowest BCUT2D eigenvalue weighted by Gasteiger charge is -2.36. The molecule has 40 heavy (non-hydrogen) atoms. The Morgan fingerprint density at radius 2 is 1.70 bits per heavy atom. The Kier molecular flexibility index (Phi) is 12.3. The second-order valence-electron chi connectivity index (χ2n) is 11.2. The lowest BCUT2D eigenvalue weighted by molar-refractivity contribution is -0.142. The van der Waals surface area contributed by atoms with Crippen molar-refractivity contribution in [3.8, 4) is 5.75 Å². The number of hydrogen-bond acceptors (Lipinski definition) is 5. The smallest absolute Gasteiger partial charge is 0.408 e. The van der Waals surface area contributed by atoms with Crippen molar-refractivity contribution in [3.63, 3.8) is 0 Å². The van der Waals surface area contributed by atoms with Gasteiger partial charge in [0.25, 0.3) is 5.91 Å². The quantitative estimate of drug-likeness (QED) is 0.237. The number of aromatic hydroxyl groups is 1. The number of nitrogens with zero attached hydrogens (tertiary/aromatic N) is 1. The van der Waals surface area contributed by atoms with Gasteiger partial charge in [-0.25, -0.2) is 4.79 Å². The predicted molar refractivity (Wildman–Crippen MR) is 160 cm³/mol. The highest BCUT2D eigenvalue weighted by atomic mass is 35.5. The number of alkyl carbamates (subject to hydrolysis) is 1. The molecule has 2 aromatic rings. The summed E-state index contributed by atoms with van der Waals surface area (Å²) in [6.45, 7) is 13.3. The standard InChI is InChI=1S/C31H44ClN3O5/c1-8-10-11-19-35(29(38)26(20(3)9-2)34-30(39)40-31(5,6)7)27(22-15-17-23(36)18-16-22)28(37)33-25-21(4)13-12-14-24(25)32/h12-18,20,26-27,36H,8-11,19H2,1-7H3,(H,33,37)(H,34,39). The number of hydrogen-bond donors (Lipinski definition) is 3. The van der Waals surface area contributed by atoms with Gasteiger partial charge in [0.05, 0.1) is 10.7 Å². The summed E-state index contributed by atoms with van der Waals surface area (Å²) in [4.78, 5) is 42.6. The summed E-state index contributed by atoms with van der Waals surface area (Å²) in [5.74, 6) is -1.03. The summed E-state index contributed by atoms with van der Waals surface area (Å²) < 4.78 is 5.46. The minimum absolute atomic E-state index is 0.0396. The molecule has 0 bridgehead atoms. The fourth-order valence-corrected chi connectivity index (χ4v) is 4.58. The van der Waals surface area contributed by atoms with Crippen LogP contribution in [0.2, 0.25) is 5.02 Å². The number of unbranched alkanes of at least 4 members (excludes halogenated alkanes) is 2. The first-order valence-electron chi connectivity index (χ1n) is 13.9. The first-order valence-corrected chi connectivity index (χ1v) is 14.3. The van der Waals surface area contributed by atoms with Crippen LogP contribution < -0.4 is 10.6 Å². The number of carbonyl (C=O) groups excluding carboxylic acids is 3. The first kappa shape index (κ1) is 32.9. The number of benzene rings is 2. The van der Waals surface area contributed by atoms with Crippen LogP contribution in [0.3, 0.4) is 0 Å². The molecule has 0 spiro atoms. The summed E-state index contributed by atoms with van der Waals surface area (Å²) in [5, 5.41) is 16.0. The highest BCUT2D eigenvalue weighted by Crippen LogP contribution is 2.31. The van der Waals surface area contributed by atoms with Crippen LogP contribution in [-0.4, -0.2) is 46.1 Å². The Labute approximate surface area is 243 Å². The van der Waals surface area contributed by atoms with Gasteiger partial charge in [-0.05, 0) is 69.4 Å². The molecule has 0 aliphatic rings. The van der Waals surface area contributed by atoms with Gasteiger partial charge in [-0.3, -0.25) is 9.59 Å². The summed E-state index contributed by atoms with van der Waals surface area (Å²) in [7, 11) is 0. The summed E-state index contributed by atoms with van der Waals surface area (Å²) in [5.41, 5.74) is 1.02. The SMILES string of the molecule is CCCCCN(C(=O)C(NC(=O)OC(C)(C)C)C(C)CC)C(C(=O)Nc1c(C)cccc1Cl)c1ccc(O)cc1. The maximum absolute atomic E-state index is 14.3. The minimum atomic E-state index is -1.05. The Bertz CT molecular complexity index is 1130. The van der Waals surface area contributed by atoms with Gasteiger partial charge in [0.15, 0.2) is 0 Å². The van der Waals surface area contributed by atoms with Gasteiger partial charge in [0.1, 0.15) is 23.4 Å². The molecule has 3 atom stereocenters. The van der Waals surface area contributed by atoms with E-state index in [9.17, 15) is 19.5 Å². The molecule has 0 heterocycles. The van der Waals surface area contributed by atoms with Gasteiger partial charge in [-0.2, -0.15) is 0 Å². The number of amides is 3. The van der Waals surface area contributed by atoms with E-state index in [0.717, 1.165) is 18.4 Å². The number of para-hydroxylation sites is 1. The van der Waals surface area contributed by atoms with Gasteiger partial charge in [-0.1, -0.05) is 75.9 Å². The number of carbonyl (C=O) groups is 3. The van der Waals surface area contributed by atoms with Crippen LogP contribution in [0.5, 0.6) is 5.75 Å². The van der Waals surface area contributed by atoms with E-state index in [0.29, 0.717) is 29.1 Å². The molecule has 2 aromatic carbocycles. The molecule has 220 valence electrons. The van der Waals surface area contributed by atoms with Crippen molar-refractivity contribution in [2.75, 3.05) is 11.9 Å². The molecule has 3 amide bonds. The highest BCUT2D eigenvalue weighted by molar-refractivity contribution is 6.34. The van der Waals surface area contributed by atoms with E-state index in [1.165, 1.54) is 17.0 Å². The van der Waals surface area contributed by atoms with Crippen molar-refractivity contribution >= 4 is 35.2 Å². The molecule has 0 radical (unpaired) electrons. The van der Waals surface area contributed by atoms with Crippen molar-refractivity contribution in [1.82, 2.24) is 10.2 Å². The number of halogens is 1. The van der Waals surface area contributed by atoms with E-state index >= 15 is 0 Å². The van der Waals surface area contributed by atoms with Crippen molar-refractivity contribution in [2.45, 2.75) is 91.8 Å². The van der Waals surface area contributed by atoms with Crippen molar-refractivity contribution in [3.05, 3.63) is 58.6 Å². The topological polar surface area (TPSA) is 108 Å². The second-order valence-corrected chi connectivity index (χ2v) is 11.6. The number of anilines is 1. The average Bonchev–Trinajstić information content (AvgIpc) is 2.88. The number of phenols is 1. The average molecular weight is 574 g/mol. The van der Waals surface area contributed by atoms with Crippen molar-refractivity contribution in [1.29, 1.82) is 0 Å². The largest absolute Gasteiger partial charge is 0.508 e. The maximum atomic E-state index is 14.3. The van der Waals surface area contributed by atoms with Crippen LogP contribution in [0, 0.1) is 12.8 Å². The number of phenolic OH excluding ortho intramolecular Hbond substituents is 1. The van der Waals surface area contributed by atoms with E-state index in [-0.39, 0.29) is 24.1 Å². The molecule has 0 aliphatic carbocycles. The van der Waals surface area contributed by atoms with Crippen LogP contribution >= 0.6 is 11.6 Å². The third kappa shape index (κ3) is 9.44. The lowest BCUT2D eigenvalue weighted by atomic mass is 9.95. The van der Waals surface area contributed by atoms with Crippen LogP contribution in [0.1, 0.15) is 84.4 Å². The zero-order valence-corrected chi connectivity index (χ0v) is 25.5. The van der Waals surface area contributed by atoms with E-state index in [2.05, 4.69) is 17.6 Å². The Balaban J connectivity index is 2.59. The van der Waals surface area contributed by atoms with Crippen LogP contribution in [0.4, 0.5) is 10.5 Å². The molecule has 0 saturated heterocycles. The molecule has 0 aliphatic heterocycles. The Morgan fingerprint density at radius 3 is 2.25 bits per heavy atom. The summed E-state index contributed by atoms with van der Waals surface area (Å²) >= 11 is 6.42. The molecule has 0 saturated carbocycles. The van der Waals surface area contributed by atoms with Gasteiger partial charge in [0.2, 0.25) is 5.91 Å². The van der Waals surface area contributed by atoms with Gasteiger partial charge >= 0.3 is 6.09 Å². The highest BCUT2D eigenvalue weighted by Gasteiger charge is 2.38. The van der Waals surface area contributed by atoms with Crippen LogP contribution in [-0.2, 0) is 14.3 Å². The molecule has 0 fully saturated rings. The van der Waals surface area contributed by atoms with Crippen molar-refractivity contribution < 1.29 is 24.2 Å². The molecule has 2 rings (SSSR count). The third-order valence-corrected chi connectivity index (χ3v) is 6.99. The van der Waals surface area contributed by atoms with E-state index in [1.807, 2.05) is 26.8 Å². The van der Waals surface area contributed by atoms with Crippen molar-refractivity contribution in [2.24, 2.45) is 5.92 Å². The summed E-state index contributed by atoms with van der Waals surface area (Å²) in [6, 6.07) is 9.57. The molecule has 3 unspecified atom stereocenters. The minimum Gasteiger partial charge on any atom is -0.508 e. The van der Waals surface area contributed by atoms with Gasteiger partial charge < -0.3 is 25.4 Å².